The van der Waals surface area contributed by atoms with Gasteiger partial charge < -0.3 is 4.74 Å². The van der Waals surface area contributed by atoms with Crippen LogP contribution in [0.1, 0.15) is 22.8 Å². The summed E-state index contributed by atoms with van der Waals surface area (Å²) in [4.78, 5) is 4.30. The molecular weight excluding hydrogens is 397 g/mol. The molecule has 4 nitrogen and oxygen atoms in total. The zero-order valence-electron chi connectivity index (χ0n) is 15.3. The number of aromatic nitrogens is 3. The number of halogens is 2. The summed E-state index contributed by atoms with van der Waals surface area (Å²) in [6.07, 6.45) is 3.03. The maximum absolute atomic E-state index is 14.8. The van der Waals surface area contributed by atoms with Crippen molar-refractivity contribution in [3.05, 3.63) is 89.0 Å². The van der Waals surface area contributed by atoms with Gasteiger partial charge in [0, 0.05) is 16.3 Å². The van der Waals surface area contributed by atoms with Gasteiger partial charge in [0.1, 0.15) is 23.8 Å². The van der Waals surface area contributed by atoms with Crippen LogP contribution in [0.5, 0.6) is 0 Å². The summed E-state index contributed by atoms with van der Waals surface area (Å²) in [5.74, 6) is 0.325. The molecular formula is C21H19ClFN3OS. The Morgan fingerprint density at radius 1 is 1.32 bits per heavy atom. The fourth-order valence-corrected chi connectivity index (χ4v) is 4.14. The number of hydrogen-bond acceptors (Lipinski definition) is 4. The molecule has 0 radical (unpaired) electrons. The van der Waals surface area contributed by atoms with Crippen LogP contribution in [-0.4, -0.2) is 20.5 Å². The Hall–Kier alpha value is -2.15. The molecule has 3 aromatic rings. The van der Waals surface area contributed by atoms with Crippen LogP contribution in [0.25, 0.3) is 0 Å². The highest BCUT2D eigenvalue weighted by atomic mass is 35.5. The Kier molecular flexibility index (Phi) is 5.27. The van der Waals surface area contributed by atoms with Gasteiger partial charge in [-0.15, -0.1) is 6.58 Å². The van der Waals surface area contributed by atoms with Crippen molar-refractivity contribution in [2.24, 2.45) is 0 Å². The standard InChI is InChI=1S/C21H19ClFN3OS/c1-3-10-28-20-24-13-25-26(20)12-21(17-9-8-16(22)11-18(17)23)19(27-21)15-6-4-14(2)5-7-15/h3-9,11,13,19H,1,10,12H2,2H3. The van der Waals surface area contributed by atoms with Crippen molar-refractivity contribution in [3.8, 4) is 0 Å². The van der Waals surface area contributed by atoms with Crippen LogP contribution in [0.4, 0.5) is 4.39 Å². The monoisotopic (exact) mass is 415 g/mol. The van der Waals surface area contributed by atoms with Crippen LogP contribution >= 0.6 is 23.4 Å². The number of thioether (sulfide) groups is 1. The molecule has 1 fully saturated rings. The van der Waals surface area contributed by atoms with E-state index in [-0.39, 0.29) is 11.9 Å². The van der Waals surface area contributed by atoms with Crippen molar-refractivity contribution in [1.29, 1.82) is 0 Å². The average Bonchev–Trinajstić information content (AvgIpc) is 3.21. The first kappa shape index (κ1) is 19.2. The van der Waals surface area contributed by atoms with Gasteiger partial charge in [-0.25, -0.2) is 14.1 Å². The van der Waals surface area contributed by atoms with Crippen LogP contribution < -0.4 is 0 Å². The molecule has 0 saturated carbocycles. The van der Waals surface area contributed by atoms with E-state index in [2.05, 4.69) is 16.7 Å². The van der Waals surface area contributed by atoms with Crippen LogP contribution in [0.2, 0.25) is 5.02 Å². The van der Waals surface area contributed by atoms with E-state index in [0.29, 0.717) is 22.9 Å². The number of nitrogens with zero attached hydrogens (tertiary/aromatic N) is 3. The largest absolute Gasteiger partial charge is 0.354 e. The van der Waals surface area contributed by atoms with Gasteiger partial charge in [-0.1, -0.05) is 65.3 Å². The van der Waals surface area contributed by atoms with Gasteiger partial charge in [-0.3, -0.25) is 0 Å². The molecule has 4 rings (SSSR count). The molecule has 0 amide bonds. The van der Waals surface area contributed by atoms with Gasteiger partial charge in [0.25, 0.3) is 0 Å². The Morgan fingerprint density at radius 2 is 2.11 bits per heavy atom. The summed E-state index contributed by atoms with van der Waals surface area (Å²) in [6.45, 7) is 6.12. The first-order valence-electron chi connectivity index (χ1n) is 8.85. The highest BCUT2D eigenvalue weighted by molar-refractivity contribution is 7.99. The lowest BCUT2D eigenvalue weighted by Crippen LogP contribution is -2.22. The fourth-order valence-electron chi connectivity index (χ4n) is 3.33. The van der Waals surface area contributed by atoms with Gasteiger partial charge in [-0.2, -0.15) is 5.10 Å². The highest BCUT2D eigenvalue weighted by Gasteiger charge is 2.60. The summed E-state index contributed by atoms with van der Waals surface area (Å²) in [6, 6.07) is 12.8. The Morgan fingerprint density at radius 3 is 2.82 bits per heavy atom. The van der Waals surface area contributed by atoms with Crippen molar-refractivity contribution in [1.82, 2.24) is 14.8 Å². The van der Waals surface area contributed by atoms with Gasteiger partial charge in [0.2, 0.25) is 0 Å². The van der Waals surface area contributed by atoms with Crippen LogP contribution in [0.15, 0.2) is 66.6 Å². The summed E-state index contributed by atoms with van der Waals surface area (Å²) >= 11 is 7.49. The summed E-state index contributed by atoms with van der Waals surface area (Å²) in [5.41, 5.74) is 1.77. The second-order valence-electron chi connectivity index (χ2n) is 6.72. The van der Waals surface area contributed by atoms with E-state index in [1.54, 1.807) is 22.9 Å². The van der Waals surface area contributed by atoms with Gasteiger partial charge in [0.15, 0.2) is 5.16 Å². The van der Waals surface area contributed by atoms with Crippen molar-refractivity contribution >= 4 is 23.4 Å². The van der Waals surface area contributed by atoms with Crippen molar-refractivity contribution < 1.29 is 9.13 Å². The molecule has 28 heavy (non-hydrogen) atoms. The van der Waals surface area contributed by atoms with Gasteiger partial charge >= 0.3 is 0 Å². The number of rotatable bonds is 7. The molecule has 2 unspecified atom stereocenters. The Bertz CT molecular complexity index is 1010. The second-order valence-corrected chi connectivity index (χ2v) is 8.15. The average molecular weight is 416 g/mol. The lowest BCUT2D eigenvalue weighted by Gasteiger charge is -2.16. The molecule has 0 N–H and O–H groups in total. The third kappa shape index (κ3) is 3.60. The van der Waals surface area contributed by atoms with E-state index in [4.69, 9.17) is 16.3 Å². The van der Waals surface area contributed by atoms with Crippen molar-refractivity contribution in [2.75, 3.05) is 5.75 Å². The van der Waals surface area contributed by atoms with Crippen LogP contribution in [0, 0.1) is 12.7 Å². The normalized spacial score (nSPS) is 20.9. The Labute approximate surface area is 172 Å². The zero-order chi connectivity index (χ0) is 19.7. The van der Waals surface area contributed by atoms with E-state index < -0.39 is 5.60 Å². The van der Waals surface area contributed by atoms with E-state index in [0.717, 1.165) is 16.3 Å². The smallest absolute Gasteiger partial charge is 0.186 e. The quantitative estimate of drug-likeness (QED) is 0.297. The number of hydrogen-bond donors (Lipinski definition) is 0. The van der Waals surface area contributed by atoms with Crippen LogP contribution in [-0.2, 0) is 16.9 Å². The lowest BCUT2D eigenvalue weighted by molar-refractivity contribution is 0.251. The molecule has 1 saturated heterocycles. The first-order chi connectivity index (χ1) is 13.5. The van der Waals surface area contributed by atoms with Gasteiger partial charge in [0.05, 0.1) is 6.54 Å². The third-order valence-electron chi connectivity index (χ3n) is 4.76. The highest BCUT2D eigenvalue weighted by Crippen LogP contribution is 2.58. The van der Waals surface area contributed by atoms with Crippen LogP contribution in [0.3, 0.4) is 0 Å². The number of ether oxygens (including phenoxy) is 1. The first-order valence-corrected chi connectivity index (χ1v) is 10.2. The fraction of sp³-hybridized carbons (Fsp3) is 0.238. The SMILES string of the molecule is C=CCSc1ncnn1CC1(c2ccc(Cl)cc2F)OC1c1ccc(C)cc1. The summed E-state index contributed by atoms with van der Waals surface area (Å²) < 4.78 is 22.8. The van der Waals surface area contributed by atoms with E-state index in [1.165, 1.54) is 24.2 Å². The summed E-state index contributed by atoms with van der Waals surface area (Å²) in [7, 11) is 0. The molecule has 0 bridgehead atoms. The Balaban J connectivity index is 1.72. The maximum Gasteiger partial charge on any atom is 0.186 e. The number of epoxide rings is 1. The minimum Gasteiger partial charge on any atom is -0.354 e. The number of aryl methyl sites for hydroxylation is 1. The lowest BCUT2D eigenvalue weighted by atomic mass is 9.91. The molecule has 0 spiro atoms. The second kappa shape index (κ2) is 7.70. The van der Waals surface area contributed by atoms with Gasteiger partial charge in [-0.05, 0) is 24.6 Å². The summed E-state index contributed by atoms with van der Waals surface area (Å²) in [5, 5.41) is 5.43. The molecule has 7 heteroatoms. The minimum absolute atomic E-state index is 0.273. The van der Waals surface area contributed by atoms with E-state index in [9.17, 15) is 4.39 Å². The predicted octanol–water partition coefficient (Wildman–Crippen LogP) is 5.32. The topological polar surface area (TPSA) is 43.2 Å². The van der Waals surface area contributed by atoms with E-state index in [1.807, 2.05) is 31.2 Å². The molecule has 2 atom stereocenters. The molecule has 0 aliphatic carbocycles. The van der Waals surface area contributed by atoms with Crippen molar-refractivity contribution in [2.45, 2.75) is 30.3 Å². The van der Waals surface area contributed by atoms with Crippen molar-refractivity contribution in [3.63, 3.8) is 0 Å². The molecule has 144 valence electrons. The number of benzene rings is 2. The molecule has 1 aliphatic rings. The minimum atomic E-state index is -0.860. The maximum atomic E-state index is 14.8. The third-order valence-corrected chi connectivity index (χ3v) is 5.97. The molecule has 1 aliphatic heterocycles. The van der Waals surface area contributed by atoms with E-state index >= 15 is 0 Å². The molecule has 2 aromatic carbocycles. The predicted molar refractivity (Wildman–Crippen MR) is 109 cm³/mol. The molecule has 2 heterocycles. The zero-order valence-corrected chi connectivity index (χ0v) is 16.9. The molecule has 1 aromatic heterocycles.